The average Bonchev–Trinajstić information content (AvgIpc) is 2.44. The highest BCUT2D eigenvalue weighted by Crippen LogP contribution is 2.35. The highest BCUT2D eigenvalue weighted by molar-refractivity contribution is 8.00. The number of carbonyl (C=O) groups excluding carboxylic acids is 1. The Labute approximate surface area is 129 Å². The zero-order valence-electron chi connectivity index (χ0n) is 12.8. The molecule has 3 N–H and O–H groups in total. The number of carbonyl (C=O) groups is 1. The molecule has 1 heterocycles. The van der Waals surface area contributed by atoms with E-state index in [-0.39, 0.29) is 5.84 Å². The van der Waals surface area contributed by atoms with Crippen LogP contribution in [0, 0.1) is 0 Å². The average molecular weight is 337 g/mol. The zero-order chi connectivity index (χ0) is 16.5. The monoisotopic (exact) mass is 337 g/mol. The number of nitrogens with two attached hydrogens (primary N) is 1. The molecular formula is C12H23N3O4S2. The van der Waals surface area contributed by atoms with E-state index in [1.54, 1.807) is 4.90 Å². The fourth-order valence-electron chi connectivity index (χ4n) is 2.27. The van der Waals surface area contributed by atoms with Crippen LogP contribution in [0.25, 0.3) is 0 Å². The Morgan fingerprint density at radius 1 is 1.38 bits per heavy atom. The van der Waals surface area contributed by atoms with Crippen molar-refractivity contribution in [2.24, 2.45) is 10.9 Å². The Kier molecular flexibility index (Phi) is 5.20. The smallest absolute Gasteiger partial charge is 0.243 e. The van der Waals surface area contributed by atoms with Crippen LogP contribution in [-0.4, -0.2) is 65.4 Å². The number of thioether (sulfide) groups is 1. The topological polar surface area (TPSA) is 113 Å². The van der Waals surface area contributed by atoms with Crippen molar-refractivity contribution in [3.8, 4) is 0 Å². The highest BCUT2D eigenvalue weighted by atomic mass is 32.2. The molecule has 0 aromatic heterocycles. The molecule has 0 aromatic carbocycles. The summed E-state index contributed by atoms with van der Waals surface area (Å²) in [4.78, 5) is 14.0. The SMILES string of the molecule is CSC1(C(N)=NO)CCN(C(=O)C(C)(C)S(C)(=O)=O)CC1. The largest absolute Gasteiger partial charge is 0.409 e. The summed E-state index contributed by atoms with van der Waals surface area (Å²) < 4.78 is 21.6. The van der Waals surface area contributed by atoms with Gasteiger partial charge in [0.15, 0.2) is 15.7 Å². The van der Waals surface area contributed by atoms with Crippen molar-refractivity contribution in [3.05, 3.63) is 0 Å². The lowest BCUT2D eigenvalue weighted by Crippen LogP contribution is -2.56. The summed E-state index contributed by atoms with van der Waals surface area (Å²) >= 11 is 1.48. The molecule has 0 atom stereocenters. The quantitative estimate of drug-likeness (QED) is 0.330. The van der Waals surface area contributed by atoms with Crippen LogP contribution in [0.2, 0.25) is 0 Å². The zero-order valence-corrected chi connectivity index (χ0v) is 14.4. The maximum Gasteiger partial charge on any atom is 0.243 e. The molecule has 1 saturated heterocycles. The second-order valence-electron chi connectivity index (χ2n) is 5.76. The van der Waals surface area contributed by atoms with Crippen molar-refractivity contribution in [1.29, 1.82) is 0 Å². The maximum atomic E-state index is 12.4. The van der Waals surface area contributed by atoms with Crippen LogP contribution >= 0.6 is 11.8 Å². The number of oxime groups is 1. The molecule has 0 spiro atoms. The van der Waals surface area contributed by atoms with Crippen molar-refractivity contribution in [1.82, 2.24) is 4.90 Å². The molecule has 21 heavy (non-hydrogen) atoms. The first kappa shape index (κ1) is 18.1. The van der Waals surface area contributed by atoms with E-state index < -0.39 is 25.2 Å². The van der Waals surface area contributed by atoms with E-state index >= 15 is 0 Å². The molecular weight excluding hydrogens is 314 g/mol. The van der Waals surface area contributed by atoms with Gasteiger partial charge < -0.3 is 15.8 Å². The van der Waals surface area contributed by atoms with Gasteiger partial charge in [0.1, 0.15) is 4.75 Å². The Bertz CT molecular complexity index is 535. The molecule has 1 aliphatic heterocycles. The molecule has 9 heteroatoms. The highest BCUT2D eigenvalue weighted by Gasteiger charge is 2.45. The summed E-state index contributed by atoms with van der Waals surface area (Å²) in [6, 6.07) is 0. The molecule has 0 saturated carbocycles. The number of amides is 1. The summed E-state index contributed by atoms with van der Waals surface area (Å²) in [7, 11) is -3.49. The minimum absolute atomic E-state index is 0.143. The van der Waals surface area contributed by atoms with E-state index in [0.717, 1.165) is 6.26 Å². The number of piperidine rings is 1. The second-order valence-corrected chi connectivity index (χ2v) is 9.51. The van der Waals surface area contributed by atoms with Gasteiger partial charge in [0.2, 0.25) is 5.91 Å². The molecule has 122 valence electrons. The number of hydrogen-bond donors (Lipinski definition) is 2. The molecule has 0 bridgehead atoms. The van der Waals surface area contributed by atoms with Gasteiger partial charge >= 0.3 is 0 Å². The number of nitrogens with zero attached hydrogens (tertiary/aromatic N) is 2. The molecule has 0 aromatic rings. The minimum atomic E-state index is -3.49. The van der Waals surface area contributed by atoms with E-state index in [9.17, 15) is 13.2 Å². The Morgan fingerprint density at radius 2 is 1.86 bits per heavy atom. The number of sulfone groups is 1. The van der Waals surface area contributed by atoms with E-state index in [2.05, 4.69) is 5.16 Å². The Balaban J connectivity index is 2.89. The van der Waals surface area contributed by atoms with Gasteiger partial charge in [-0.2, -0.15) is 11.8 Å². The van der Waals surface area contributed by atoms with Gasteiger partial charge in [-0.05, 0) is 32.9 Å². The van der Waals surface area contributed by atoms with Gasteiger partial charge in [-0.25, -0.2) is 8.42 Å². The molecule has 7 nitrogen and oxygen atoms in total. The molecule has 0 aliphatic carbocycles. The first-order valence-electron chi connectivity index (χ1n) is 6.54. The van der Waals surface area contributed by atoms with Crippen molar-refractivity contribution < 1.29 is 18.4 Å². The summed E-state index contributed by atoms with van der Waals surface area (Å²) in [5.41, 5.74) is 5.75. The van der Waals surface area contributed by atoms with E-state index in [1.165, 1.54) is 25.6 Å². The predicted octanol–water partition coefficient (Wildman–Crippen LogP) is 0.280. The van der Waals surface area contributed by atoms with Crippen LogP contribution in [0.15, 0.2) is 5.16 Å². The molecule has 0 radical (unpaired) electrons. The fourth-order valence-corrected chi connectivity index (χ4v) is 3.55. The van der Waals surface area contributed by atoms with Gasteiger partial charge in [-0.1, -0.05) is 5.16 Å². The molecule has 1 amide bonds. The normalized spacial score (nSPS) is 20.4. The van der Waals surface area contributed by atoms with E-state index in [0.29, 0.717) is 25.9 Å². The van der Waals surface area contributed by atoms with Gasteiger partial charge in [0.05, 0.1) is 4.75 Å². The lowest BCUT2D eigenvalue weighted by Gasteiger charge is -2.41. The van der Waals surface area contributed by atoms with Gasteiger partial charge in [0.25, 0.3) is 0 Å². The Morgan fingerprint density at radius 3 is 2.19 bits per heavy atom. The number of hydrogen-bond acceptors (Lipinski definition) is 6. The molecule has 0 unspecified atom stereocenters. The van der Waals surface area contributed by atoms with Crippen molar-refractivity contribution in [2.75, 3.05) is 25.6 Å². The summed E-state index contributed by atoms with van der Waals surface area (Å²) in [5.74, 6) is -0.260. The minimum Gasteiger partial charge on any atom is -0.409 e. The third-order valence-corrected chi connectivity index (χ3v) is 7.69. The molecule has 1 aliphatic rings. The fraction of sp³-hybridized carbons (Fsp3) is 0.833. The summed E-state index contributed by atoms with van der Waals surface area (Å²) in [6.45, 7) is 3.61. The van der Waals surface area contributed by atoms with Crippen LogP contribution in [0.1, 0.15) is 26.7 Å². The van der Waals surface area contributed by atoms with Crippen LogP contribution in [-0.2, 0) is 14.6 Å². The first-order valence-corrected chi connectivity index (χ1v) is 9.65. The van der Waals surface area contributed by atoms with Gasteiger partial charge in [0, 0.05) is 19.3 Å². The van der Waals surface area contributed by atoms with Crippen LogP contribution < -0.4 is 5.73 Å². The molecule has 1 rings (SSSR count). The lowest BCUT2D eigenvalue weighted by atomic mass is 9.93. The van der Waals surface area contributed by atoms with Gasteiger partial charge in [-0.3, -0.25) is 4.79 Å². The standard InChI is InChI=1S/C12H23N3O4S2/c1-11(2,21(4,18)19)10(16)15-7-5-12(20-3,6-8-15)9(13)14-17/h17H,5-8H2,1-4H3,(H2,13,14). The number of amidine groups is 1. The Hall–Kier alpha value is -0.960. The summed E-state index contributed by atoms with van der Waals surface area (Å²) in [6.07, 6.45) is 3.98. The van der Waals surface area contributed by atoms with E-state index in [4.69, 9.17) is 10.9 Å². The predicted molar refractivity (Wildman–Crippen MR) is 84.4 cm³/mol. The van der Waals surface area contributed by atoms with E-state index in [1.807, 2.05) is 6.26 Å². The van der Waals surface area contributed by atoms with Crippen LogP contribution in [0.4, 0.5) is 0 Å². The van der Waals surface area contributed by atoms with Crippen molar-refractivity contribution in [2.45, 2.75) is 36.2 Å². The number of rotatable bonds is 4. The van der Waals surface area contributed by atoms with Gasteiger partial charge in [-0.15, -0.1) is 0 Å². The summed E-state index contributed by atoms with van der Waals surface area (Å²) in [5, 5.41) is 12.0. The maximum absolute atomic E-state index is 12.4. The first-order chi connectivity index (χ1) is 9.52. The third-order valence-electron chi connectivity index (χ3n) is 4.27. The third kappa shape index (κ3) is 3.28. The lowest BCUT2D eigenvalue weighted by molar-refractivity contribution is -0.134. The molecule has 1 fully saturated rings. The second kappa shape index (κ2) is 6.04. The van der Waals surface area contributed by atoms with Crippen molar-refractivity contribution in [3.63, 3.8) is 0 Å². The van der Waals surface area contributed by atoms with Crippen LogP contribution in [0.3, 0.4) is 0 Å². The van der Waals surface area contributed by atoms with Crippen molar-refractivity contribution >= 4 is 33.3 Å². The number of likely N-dealkylation sites (tertiary alicyclic amines) is 1. The van der Waals surface area contributed by atoms with Crippen LogP contribution in [0.5, 0.6) is 0 Å².